The molecule has 0 aliphatic carbocycles. The van der Waals surface area contributed by atoms with Crippen LogP contribution in [0.15, 0.2) is 109 Å². The van der Waals surface area contributed by atoms with Crippen LogP contribution in [0, 0.1) is 0 Å². The zero-order valence-electron chi connectivity index (χ0n) is 54.0. The van der Waals surface area contributed by atoms with E-state index in [0.717, 1.165) is 122 Å². The minimum atomic E-state index is -0.788. The predicted octanol–water partition coefficient (Wildman–Crippen LogP) is 24.2. The Hall–Kier alpha value is -3.93. The van der Waals surface area contributed by atoms with E-state index in [2.05, 4.69) is 130 Å². The van der Waals surface area contributed by atoms with Gasteiger partial charge in [0, 0.05) is 19.3 Å². The summed E-state index contributed by atoms with van der Waals surface area (Å²) in [5, 5.41) is 0. The minimum absolute atomic E-state index is 0.0834. The largest absolute Gasteiger partial charge is 0.462 e. The number of hydrogen-bond acceptors (Lipinski definition) is 6. The third-order valence-electron chi connectivity index (χ3n) is 15.0. The first-order valence-corrected chi connectivity index (χ1v) is 34.9. The van der Waals surface area contributed by atoms with Crippen LogP contribution < -0.4 is 0 Å². The molecule has 470 valence electrons. The van der Waals surface area contributed by atoms with Crippen molar-refractivity contribution in [3.63, 3.8) is 0 Å². The Labute approximate surface area is 508 Å². The van der Waals surface area contributed by atoms with Gasteiger partial charge in [0.15, 0.2) is 6.10 Å². The first-order chi connectivity index (χ1) is 40.5. The van der Waals surface area contributed by atoms with Gasteiger partial charge in [-0.1, -0.05) is 316 Å². The lowest BCUT2D eigenvalue weighted by Gasteiger charge is -2.18. The van der Waals surface area contributed by atoms with Crippen molar-refractivity contribution in [2.24, 2.45) is 0 Å². The molecule has 1 atom stereocenters. The molecule has 0 saturated heterocycles. The van der Waals surface area contributed by atoms with E-state index in [1.54, 1.807) is 0 Å². The van der Waals surface area contributed by atoms with Crippen molar-refractivity contribution >= 4 is 17.9 Å². The van der Waals surface area contributed by atoms with Crippen molar-refractivity contribution < 1.29 is 28.6 Å². The standard InChI is InChI=1S/C76H130O6/c1-4-7-10-13-16-19-22-25-28-31-33-34-35-36-37-38-39-40-41-42-43-46-48-51-54-57-60-63-66-69-75(78)81-72-73(71-80-74(77)68-65-62-59-56-53-50-47-44-30-27-24-21-18-15-12-9-6-3)82-76(79)70-67-64-61-58-55-52-49-45-32-29-26-23-20-17-14-11-8-5-2/h7,10,16,18-19,21,25,27-28,30,33-34,36-37,39-40,42-43,73H,4-6,8-9,11-15,17,20,22-24,26,29,31-32,35,38,41,44-72H2,1-3H3/b10-7-,19-16-,21-18-,28-25-,30-27-,34-33-,37-36-,40-39-,43-42-. The van der Waals surface area contributed by atoms with Gasteiger partial charge >= 0.3 is 17.9 Å². The lowest BCUT2D eigenvalue weighted by Crippen LogP contribution is -2.30. The second-order valence-electron chi connectivity index (χ2n) is 23.1. The van der Waals surface area contributed by atoms with Gasteiger partial charge in [-0.2, -0.15) is 0 Å². The normalized spacial score (nSPS) is 12.8. The summed E-state index contributed by atoms with van der Waals surface area (Å²) < 4.78 is 17.0. The van der Waals surface area contributed by atoms with Crippen LogP contribution in [0.2, 0.25) is 0 Å². The topological polar surface area (TPSA) is 78.9 Å². The van der Waals surface area contributed by atoms with Crippen LogP contribution in [0.1, 0.15) is 335 Å². The fourth-order valence-electron chi connectivity index (χ4n) is 9.81. The van der Waals surface area contributed by atoms with E-state index in [1.807, 2.05) is 0 Å². The van der Waals surface area contributed by atoms with Crippen LogP contribution in [0.4, 0.5) is 0 Å². The average molecular weight is 1140 g/mol. The SMILES string of the molecule is CC/C=C\C/C=C\C/C=C\C/C=C\C/C=C\C/C=C\C/C=C\CCCCCCCCCC(=O)OCC(COC(=O)CCCCCCCCC/C=C\C/C=C\CCCCC)OC(=O)CCCCCCCCCCCCCCCCCCCC. The third kappa shape index (κ3) is 66.9. The van der Waals surface area contributed by atoms with E-state index < -0.39 is 6.10 Å². The van der Waals surface area contributed by atoms with Gasteiger partial charge < -0.3 is 14.2 Å². The Morgan fingerprint density at radius 3 is 0.768 bits per heavy atom. The predicted molar refractivity (Wildman–Crippen MR) is 357 cm³/mol. The summed E-state index contributed by atoms with van der Waals surface area (Å²) in [6.45, 7) is 6.53. The summed E-state index contributed by atoms with van der Waals surface area (Å²) >= 11 is 0. The fourth-order valence-corrected chi connectivity index (χ4v) is 9.81. The highest BCUT2D eigenvalue weighted by atomic mass is 16.6. The Morgan fingerprint density at radius 1 is 0.256 bits per heavy atom. The first-order valence-electron chi connectivity index (χ1n) is 34.9. The van der Waals surface area contributed by atoms with Crippen molar-refractivity contribution in [3.8, 4) is 0 Å². The zero-order valence-corrected chi connectivity index (χ0v) is 54.0. The van der Waals surface area contributed by atoms with E-state index in [1.165, 1.54) is 173 Å². The Kier molecular flexibility index (Phi) is 66.2. The fraction of sp³-hybridized carbons (Fsp3) is 0.724. The van der Waals surface area contributed by atoms with Gasteiger partial charge in [-0.05, 0) is 109 Å². The molecule has 0 radical (unpaired) electrons. The van der Waals surface area contributed by atoms with Gasteiger partial charge in [0.25, 0.3) is 0 Å². The number of carbonyl (C=O) groups is 3. The minimum Gasteiger partial charge on any atom is -0.462 e. The van der Waals surface area contributed by atoms with Crippen LogP contribution in [0.3, 0.4) is 0 Å². The van der Waals surface area contributed by atoms with Crippen molar-refractivity contribution in [2.75, 3.05) is 13.2 Å². The maximum atomic E-state index is 13.0. The molecule has 0 N–H and O–H groups in total. The molecule has 0 aliphatic heterocycles. The van der Waals surface area contributed by atoms with Crippen LogP contribution >= 0.6 is 0 Å². The molecule has 82 heavy (non-hydrogen) atoms. The Bertz CT molecular complexity index is 1640. The molecule has 0 aromatic carbocycles. The lowest BCUT2D eigenvalue weighted by molar-refractivity contribution is -0.167. The second-order valence-corrected chi connectivity index (χ2v) is 23.1. The molecule has 0 spiro atoms. The van der Waals surface area contributed by atoms with Gasteiger partial charge in [-0.3, -0.25) is 14.4 Å². The van der Waals surface area contributed by atoms with Gasteiger partial charge in [0.1, 0.15) is 13.2 Å². The van der Waals surface area contributed by atoms with Crippen LogP contribution in [-0.4, -0.2) is 37.2 Å². The number of ether oxygens (including phenoxy) is 3. The molecule has 0 aromatic rings. The number of hydrogen-bond donors (Lipinski definition) is 0. The second kappa shape index (κ2) is 69.6. The number of carbonyl (C=O) groups excluding carboxylic acids is 3. The highest BCUT2D eigenvalue weighted by molar-refractivity contribution is 5.71. The Balaban J connectivity index is 4.36. The van der Waals surface area contributed by atoms with Crippen LogP contribution in [-0.2, 0) is 28.6 Å². The van der Waals surface area contributed by atoms with Gasteiger partial charge in [-0.15, -0.1) is 0 Å². The smallest absolute Gasteiger partial charge is 0.306 e. The molecule has 0 saturated carbocycles. The van der Waals surface area contributed by atoms with E-state index in [4.69, 9.17) is 14.2 Å². The molecule has 0 amide bonds. The number of esters is 3. The maximum absolute atomic E-state index is 13.0. The molecule has 0 rings (SSSR count). The molecule has 0 heterocycles. The quantitative estimate of drug-likeness (QED) is 0.0261. The molecular formula is C76H130O6. The molecule has 6 nitrogen and oxygen atoms in total. The van der Waals surface area contributed by atoms with E-state index in [0.29, 0.717) is 19.3 Å². The highest BCUT2D eigenvalue weighted by Gasteiger charge is 2.19. The van der Waals surface area contributed by atoms with E-state index in [9.17, 15) is 14.4 Å². The summed E-state index contributed by atoms with van der Waals surface area (Å²) in [5.41, 5.74) is 0. The van der Waals surface area contributed by atoms with Crippen molar-refractivity contribution in [3.05, 3.63) is 109 Å². The number of allylic oxidation sites excluding steroid dienone is 18. The summed E-state index contributed by atoms with van der Waals surface area (Å²) in [6, 6.07) is 0. The molecule has 0 aromatic heterocycles. The maximum Gasteiger partial charge on any atom is 0.306 e. The molecule has 0 bridgehead atoms. The van der Waals surface area contributed by atoms with Gasteiger partial charge in [-0.25, -0.2) is 0 Å². The monoisotopic (exact) mass is 1140 g/mol. The summed E-state index contributed by atoms with van der Waals surface area (Å²) in [4.78, 5) is 38.5. The number of unbranched alkanes of at least 4 members (excludes halogenated alkanes) is 34. The lowest BCUT2D eigenvalue weighted by atomic mass is 10.0. The first kappa shape index (κ1) is 78.1. The highest BCUT2D eigenvalue weighted by Crippen LogP contribution is 2.17. The van der Waals surface area contributed by atoms with Crippen LogP contribution in [0.5, 0.6) is 0 Å². The van der Waals surface area contributed by atoms with Crippen molar-refractivity contribution in [1.29, 1.82) is 0 Å². The molecular weight excluding hydrogens is 1010 g/mol. The summed E-state index contributed by atoms with van der Waals surface area (Å²) in [5.74, 6) is -0.886. The molecule has 1 unspecified atom stereocenters. The molecule has 0 aliphatic rings. The van der Waals surface area contributed by atoms with E-state index >= 15 is 0 Å². The average Bonchev–Trinajstić information content (AvgIpc) is 3.47. The van der Waals surface area contributed by atoms with E-state index in [-0.39, 0.29) is 31.1 Å². The van der Waals surface area contributed by atoms with Crippen molar-refractivity contribution in [1.82, 2.24) is 0 Å². The third-order valence-corrected chi connectivity index (χ3v) is 15.0. The number of rotatable bonds is 63. The summed E-state index contributed by atoms with van der Waals surface area (Å²) in [7, 11) is 0. The van der Waals surface area contributed by atoms with Crippen molar-refractivity contribution in [2.45, 2.75) is 341 Å². The Morgan fingerprint density at radius 2 is 0.476 bits per heavy atom. The molecule has 0 fully saturated rings. The van der Waals surface area contributed by atoms with Gasteiger partial charge in [0.05, 0.1) is 0 Å². The molecule has 6 heteroatoms. The summed E-state index contributed by atoms with van der Waals surface area (Å²) in [6.07, 6.45) is 95.3. The van der Waals surface area contributed by atoms with Gasteiger partial charge in [0.2, 0.25) is 0 Å². The van der Waals surface area contributed by atoms with Crippen LogP contribution in [0.25, 0.3) is 0 Å². The zero-order chi connectivity index (χ0) is 59.2.